The molecule has 1 aromatic rings. The van der Waals surface area contributed by atoms with Crippen LogP contribution in [0.1, 0.15) is 0 Å². The van der Waals surface area contributed by atoms with Gasteiger partial charge in [-0.1, -0.05) is 6.07 Å². The molecule has 0 amide bonds. The molecule has 4 heteroatoms. The third-order valence-electron chi connectivity index (χ3n) is 1.72. The lowest BCUT2D eigenvalue weighted by Gasteiger charge is -2.12. The SMILES string of the molecule is [S-]CCNc1cccc(NCC[S-])c1. The Kier molecular flexibility index (Phi) is 5.71. The molecule has 1 rings (SSSR count). The van der Waals surface area contributed by atoms with E-state index in [1.807, 2.05) is 18.2 Å². The quantitative estimate of drug-likeness (QED) is 0.720. The summed E-state index contributed by atoms with van der Waals surface area (Å²) >= 11 is 9.72. The Bertz CT molecular complexity index is 243. The topological polar surface area (TPSA) is 24.1 Å². The lowest BCUT2D eigenvalue weighted by atomic mass is 10.2. The summed E-state index contributed by atoms with van der Waals surface area (Å²) in [6.07, 6.45) is 0. The Morgan fingerprint density at radius 3 is 1.86 bits per heavy atom. The van der Waals surface area contributed by atoms with Gasteiger partial charge in [-0.2, -0.15) is 11.5 Å². The van der Waals surface area contributed by atoms with Crippen LogP contribution in [0, 0.1) is 0 Å². The van der Waals surface area contributed by atoms with Crippen LogP contribution >= 0.6 is 0 Å². The maximum atomic E-state index is 4.86. The first kappa shape index (κ1) is 11.6. The molecule has 0 aliphatic carbocycles. The molecule has 0 saturated carbocycles. The predicted octanol–water partition coefficient (Wildman–Crippen LogP) is 1.60. The smallest absolute Gasteiger partial charge is 0.0360 e. The van der Waals surface area contributed by atoms with Gasteiger partial charge in [0.05, 0.1) is 0 Å². The molecule has 0 bridgehead atoms. The van der Waals surface area contributed by atoms with Crippen LogP contribution in [0.25, 0.3) is 0 Å². The fourth-order valence-electron chi connectivity index (χ4n) is 1.13. The van der Waals surface area contributed by atoms with Crippen LogP contribution in [0.4, 0.5) is 11.4 Å². The zero-order valence-corrected chi connectivity index (χ0v) is 9.59. The van der Waals surface area contributed by atoms with Crippen molar-refractivity contribution in [1.29, 1.82) is 0 Å². The number of anilines is 2. The molecule has 2 N–H and O–H groups in total. The lowest BCUT2D eigenvalue weighted by Crippen LogP contribution is -2.06. The van der Waals surface area contributed by atoms with Crippen LogP contribution in [-0.2, 0) is 25.3 Å². The molecule has 0 atom stereocenters. The highest BCUT2D eigenvalue weighted by Gasteiger charge is 1.91. The van der Waals surface area contributed by atoms with Crippen molar-refractivity contribution in [3.8, 4) is 0 Å². The fourth-order valence-corrected chi connectivity index (χ4v) is 1.33. The zero-order chi connectivity index (χ0) is 10.2. The van der Waals surface area contributed by atoms with Crippen LogP contribution < -0.4 is 10.6 Å². The van der Waals surface area contributed by atoms with Crippen LogP contribution in [0.15, 0.2) is 24.3 Å². The predicted molar refractivity (Wildman–Crippen MR) is 67.9 cm³/mol. The van der Waals surface area contributed by atoms with Crippen molar-refractivity contribution in [2.24, 2.45) is 0 Å². The van der Waals surface area contributed by atoms with E-state index >= 15 is 0 Å². The molecule has 78 valence electrons. The number of benzene rings is 1. The fraction of sp³-hybridized carbons (Fsp3) is 0.400. The van der Waals surface area contributed by atoms with E-state index in [-0.39, 0.29) is 0 Å². The van der Waals surface area contributed by atoms with Crippen LogP contribution in [0.5, 0.6) is 0 Å². The molecular formula is C10H14N2S2-2. The lowest BCUT2D eigenvalue weighted by molar-refractivity contribution is 1.21. The van der Waals surface area contributed by atoms with Crippen LogP contribution in [-0.4, -0.2) is 24.6 Å². The molecule has 14 heavy (non-hydrogen) atoms. The van der Waals surface area contributed by atoms with E-state index in [9.17, 15) is 0 Å². The maximum Gasteiger partial charge on any atom is 0.0360 e. The molecule has 0 heterocycles. The number of hydrogen-bond donors (Lipinski definition) is 2. The highest BCUT2D eigenvalue weighted by molar-refractivity contribution is 7.58. The van der Waals surface area contributed by atoms with Gasteiger partial charge in [-0.25, -0.2) is 0 Å². The van der Waals surface area contributed by atoms with Crippen molar-refractivity contribution in [3.05, 3.63) is 24.3 Å². The molecule has 0 aliphatic heterocycles. The largest absolute Gasteiger partial charge is 0.791 e. The van der Waals surface area contributed by atoms with Gasteiger partial charge in [0.2, 0.25) is 0 Å². The zero-order valence-electron chi connectivity index (χ0n) is 7.95. The standard InChI is InChI=1S/C10H16N2S2/c13-6-4-11-9-2-1-3-10(8-9)12-5-7-14/h1-3,8,11-14H,4-7H2/p-2. The molecule has 0 spiro atoms. The average molecular weight is 226 g/mol. The molecule has 2 nitrogen and oxygen atoms in total. The first-order valence-corrected chi connectivity index (χ1v) is 5.76. The minimum absolute atomic E-state index is 0.726. The number of nitrogens with one attached hydrogen (secondary N) is 2. The first-order chi connectivity index (χ1) is 6.86. The molecule has 0 aliphatic rings. The van der Waals surface area contributed by atoms with E-state index < -0.39 is 0 Å². The second-order valence-electron chi connectivity index (χ2n) is 2.84. The van der Waals surface area contributed by atoms with Gasteiger partial charge in [0.15, 0.2) is 0 Å². The van der Waals surface area contributed by atoms with Crippen molar-refractivity contribution >= 4 is 36.6 Å². The molecule has 0 aromatic heterocycles. The van der Waals surface area contributed by atoms with E-state index in [0.29, 0.717) is 0 Å². The van der Waals surface area contributed by atoms with Crippen molar-refractivity contribution in [3.63, 3.8) is 0 Å². The Hall–Kier alpha value is -0.480. The highest BCUT2D eigenvalue weighted by Crippen LogP contribution is 2.14. The van der Waals surface area contributed by atoms with Crippen LogP contribution in [0.3, 0.4) is 0 Å². The first-order valence-electron chi connectivity index (χ1n) is 4.61. The van der Waals surface area contributed by atoms with E-state index in [1.165, 1.54) is 0 Å². The monoisotopic (exact) mass is 226 g/mol. The molecule has 0 saturated heterocycles. The summed E-state index contributed by atoms with van der Waals surface area (Å²) in [6.45, 7) is 1.67. The normalized spacial score (nSPS) is 9.86. The Morgan fingerprint density at radius 2 is 1.43 bits per heavy atom. The minimum atomic E-state index is 0.726. The maximum absolute atomic E-state index is 4.86. The second-order valence-corrected chi connectivity index (χ2v) is 3.66. The molecule has 0 unspecified atom stereocenters. The van der Waals surface area contributed by atoms with Crippen molar-refractivity contribution in [1.82, 2.24) is 0 Å². The van der Waals surface area contributed by atoms with Crippen molar-refractivity contribution < 1.29 is 0 Å². The molecule has 0 fully saturated rings. The van der Waals surface area contributed by atoms with Gasteiger partial charge in [-0.05, 0) is 31.3 Å². The van der Waals surface area contributed by atoms with Crippen molar-refractivity contribution in [2.75, 3.05) is 35.2 Å². The Balaban J connectivity index is 2.50. The van der Waals surface area contributed by atoms with Crippen molar-refractivity contribution in [2.45, 2.75) is 0 Å². The average Bonchev–Trinajstić information content (AvgIpc) is 2.24. The molecule has 0 radical (unpaired) electrons. The van der Waals surface area contributed by atoms with E-state index in [1.54, 1.807) is 0 Å². The van der Waals surface area contributed by atoms with Gasteiger partial charge >= 0.3 is 0 Å². The van der Waals surface area contributed by atoms with Crippen LogP contribution in [0.2, 0.25) is 0 Å². The summed E-state index contributed by atoms with van der Waals surface area (Å²) in [7, 11) is 0. The van der Waals surface area contributed by atoms with E-state index in [2.05, 4.69) is 16.7 Å². The van der Waals surface area contributed by atoms with Gasteiger partial charge in [0, 0.05) is 11.4 Å². The second kappa shape index (κ2) is 6.90. The third kappa shape index (κ3) is 4.15. The molecular weight excluding hydrogens is 212 g/mol. The molecule has 1 aromatic carbocycles. The Labute approximate surface area is 96.3 Å². The van der Waals surface area contributed by atoms with Gasteiger partial charge < -0.3 is 35.9 Å². The van der Waals surface area contributed by atoms with Gasteiger partial charge in [0.1, 0.15) is 0 Å². The Morgan fingerprint density at radius 1 is 0.929 bits per heavy atom. The minimum Gasteiger partial charge on any atom is -0.791 e. The van der Waals surface area contributed by atoms with Gasteiger partial charge in [-0.15, -0.1) is 0 Å². The summed E-state index contributed by atoms with van der Waals surface area (Å²) in [5.41, 5.74) is 2.20. The summed E-state index contributed by atoms with van der Waals surface area (Å²) in [4.78, 5) is 0. The van der Waals surface area contributed by atoms with E-state index in [4.69, 9.17) is 25.3 Å². The summed E-state index contributed by atoms with van der Waals surface area (Å²) in [5.74, 6) is 1.45. The summed E-state index contributed by atoms with van der Waals surface area (Å²) < 4.78 is 0. The number of rotatable bonds is 6. The third-order valence-corrected chi connectivity index (χ3v) is 2.13. The summed E-state index contributed by atoms with van der Waals surface area (Å²) in [5, 5.41) is 6.48. The van der Waals surface area contributed by atoms with Gasteiger partial charge in [0.25, 0.3) is 0 Å². The van der Waals surface area contributed by atoms with Gasteiger partial charge in [-0.3, -0.25) is 0 Å². The number of hydrogen-bond acceptors (Lipinski definition) is 4. The highest BCUT2D eigenvalue weighted by atomic mass is 32.1. The summed E-state index contributed by atoms with van der Waals surface area (Å²) in [6, 6.07) is 8.14. The van der Waals surface area contributed by atoms with E-state index in [0.717, 1.165) is 36.0 Å².